The molecule has 0 amide bonds. The summed E-state index contributed by atoms with van der Waals surface area (Å²) in [6.07, 6.45) is 7.16. The Hall–Kier alpha value is -1.92. The van der Waals surface area contributed by atoms with E-state index in [1.54, 1.807) is 11.3 Å². The quantitative estimate of drug-likeness (QED) is 0.703. The van der Waals surface area contributed by atoms with Gasteiger partial charge in [-0.05, 0) is 66.8 Å². The highest BCUT2D eigenvalue weighted by Gasteiger charge is 2.25. The second kappa shape index (κ2) is 7.00. The smallest absolute Gasteiger partial charge is 0.156 e. The van der Waals surface area contributed by atoms with Crippen molar-refractivity contribution < 1.29 is 0 Å². The summed E-state index contributed by atoms with van der Waals surface area (Å²) < 4.78 is 1.99. The Morgan fingerprint density at radius 1 is 1.08 bits per heavy atom. The molecule has 5 heterocycles. The van der Waals surface area contributed by atoms with Gasteiger partial charge in [-0.3, -0.25) is 4.90 Å². The minimum atomic E-state index is 0.442. The van der Waals surface area contributed by atoms with E-state index in [4.69, 9.17) is 10.1 Å². The molecule has 5 rings (SSSR count). The molecule has 6 heteroatoms. The summed E-state index contributed by atoms with van der Waals surface area (Å²) in [6.45, 7) is 5.61. The van der Waals surface area contributed by atoms with Gasteiger partial charge in [0.15, 0.2) is 11.5 Å². The summed E-state index contributed by atoms with van der Waals surface area (Å²) in [7, 11) is 0. The lowest BCUT2D eigenvalue weighted by molar-refractivity contribution is 0.197. The van der Waals surface area contributed by atoms with E-state index in [0.29, 0.717) is 5.92 Å². The van der Waals surface area contributed by atoms with Crippen LogP contribution in [0.15, 0.2) is 35.2 Å². The number of pyridine rings is 1. The number of hydrogen-bond acceptors (Lipinski definition) is 5. The molecule has 0 N–H and O–H groups in total. The number of aromatic nitrogens is 3. The molecule has 2 aliphatic rings. The Kier molecular flexibility index (Phi) is 4.38. The van der Waals surface area contributed by atoms with Gasteiger partial charge in [-0.1, -0.05) is 0 Å². The number of rotatable bonds is 4. The van der Waals surface area contributed by atoms with Crippen LogP contribution in [-0.4, -0.2) is 45.7 Å². The molecule has 26 heavy (non-hydrogen) atoms. The first kappa shape index (κ1) is 16.3. The maximum absolute atomic E-state index is 4.85. The maximum Gasteiger partial charge on any atom is 0.156 e. The van der Waals surface area contributed by atoms with E-state index in [2.05, 4.69) is 45.0 Å². The van der Waals surface area contributed by atoms with Crippen LogP contribution in [0.25, 0.3) is 5.65 Å². The Labute approximate surface area is 158 Å². The average molecular weight is 368 g/mol. The van der Waals surface area contributed by atoms with Gasteiger partial charge in [-0.2, -0.15) is 16.4 Å². The van der Waals surface area contributed by atoms with Crippen molar-refractivity contribution in [3.05, 3.63) is 46.5 Å². The van der Waals surface area contributed by atoms with Gasteiger partial charge in [-0.25, -0.2) is 9.50 Å². The van der Waals surface area contributed by atoms with Gasteiger partial charge in [0.1, 0.15) is 0 Å². The first-order chi connectivity index (χ1) is 12.8. The summed E-state index contributed by atoms with van der Waals surface area (Å²) in [5.74, 6) is 1.45. The lowest BCUT2D eigenvalue weighted by Crippen LogP contribution is -2.34. The number of anilines is 1. The van der Waals surface area contributed by atoms with Crippen LogP contribution in [0.4, 0.5) is 5.69 Å². The van der Waals surface area contributed by atoms with E-state index in [0.717, 1.165) is 37.7 Å². The lowest BCUT2D eigenvalue weighted by Gasteiger charge is -2.31. The SMILES string of the molecule is c1cc(CN2CCCC(c3nc4ccc(N5CCCC5)cn4n3)C2)cs1. The Bertz CT molecular complexity index is 866. The fraction of sp³-hybridized carbons (Fsp3) is 0.500. The van der Waals surface area contributed by atoms with Crippen LogP contribution in [-0.2, 0) is 6.54 Å². The molecule has 0 radical (unpaired) electrons. The number of thiophene rings is 1. The van der Waals surface area contributed by atoms with Crippen LogP contribution >= 0.6 is 11.3 Å². The van der Waals surface area contributed by atoms with Crippen LogP contribution in [0, 0.1) is 0 Å². The third kappa shape index (κ3) is 3.23. The Morgan fingerprint density at radius 3 is 2.85 bits per heavy atom. The zero-order valence-electron chi connectivity index (χ0n) is 15.0. The molecule has 1 unspecified atom stereocenters. The van der Waals surface area contributed by atoms with Crippen LogP contribution in [0.2, 0.25) is 0 Å². The van der Waals surface area contributed by atoms with Crippen molar-refractivity contribution in [1.82, 2.24) is 19.5 Å². The summed E-state index contributed by atoms with van der Waals surface area (Å²) in [6, 6.07) is 6.55. The third-order valence-electron chi connectivity index (χ3n) is 5.66. The second-order valence-electron chi connectivity index (χ2n) is 7.56. The second-order valence-corrected chi connectivity index (χ2v) is 8.34. The van der Waals surface area contributed by atoms with Crippen LogP contribution in [0.5, 0.6) is 0 Å². The van der Waals surface area contributed by atoms with E-state index in [1.807, 2.05) is 4.52 Å². The molecular weight excluding hydrogens is 342 g/mol. The molecule has 1 atom stereocenters. The first-order valence-corrected chi connectivity index (χ1v) is 10.6. The molecule has 2 saturated heterocycles. The van der Waals surface area contributed by atoms with Crippen molar-refractivity contribution >= 4 is 22.7 Å². The Balaban J connectivity index is 1.34. The van der Waals surface area contributed by atoms with Crippen LogP contribution in [0.3, 0.4) is 0 Å². The molecule has 0 aliphatic carbocycles. The minimum Gasteiger partial charge on any atom is -0.370 e. The molecule has 0 saturated carbocycles. The van der Waals surface area contributed by atoms with Crippen molar-refractivity contribution in [3.8, 4) is 0 Å². The highest BCUT2D eigenvalue weighted by atomic mass is 32.1. The fourth-order valence-electron chi connectivity index (χ4n) is 4.28. The molecule has 3 aromatic heterocycles. The summed E-state index contributed by atoms with van der Waals surface area (Å²) >= 11 is 1.78. The van der Waals surface area contributed by atoms with Crippen molar-refractivity contribution in [3.63, 3.8) is 0 Å². The largest absolute Gasteiger partial charge is 0.370 e. The molecular formula is C20H25N5S. The molecule has 0 bridgehead atoms. The summed E-state index contributed by atoms with van der Waals surface area (Å²) in [5.41, 5.74) is 3.67. The number of piperidine rings is 1. The van der Waals surface area contributed by atoms with E-state index in [9.17, 15) is 0 Å². The van der Waals surface area contributed by atoms with Gasteiger partial charge < -0.3 is 4.90 Å². The van der Waals surface area contributed by atoms with Crippen LogP contribution < -0.4 is 4.90 Å². The van der Waals surface area contributed by atoms with E-state index < -0.39 is 0 Å². The molecule has 2 fully saturated rings. The standard InChI is InChI=1S/C20H25N5S/c1-2-10-24(9-1)18-5-6-19-21-20(22-25(19)14-18)17-4-3-8-23(13-17)12-16-7-11-26-15-16/h5-7,11,14-15,17H,1-4,8-10,12-13H2. The fourth-order valence-corrected chi connectivity index (χ4v) is 4.94. The summed E-state index contributed by atoms with van der Waals surface area (Å²) in [4.78, 5) is 9.85. The topological polar surface area (TPSA) is 36.7 Å². The number of hydrogen-bond donors (Lipinski definition) is 0. The molecule has 0 aromatic carbocycles. The number of nitrogens with zero attached hydrogens (tertiary/aromatic N) is 5. The number of likely N-dealkylation sites (tertiary alicyclic amines) is 1. The maximum atomic E-state index is 4.85. The van der Waals surface area contributed by atoms with Crippen LogP contribution in [0.1, 0.15) is 43.0 Å². The predicted octanol–water partition coefficient (Wildman–Crippen LogP) is 3.77. The van der Waals surface area contributed by atoms with Crippen molar-refractivity contribution in [2.45, 2.75) is 38.1 Å². The van der Waals surface area contributed by atoms with Gasteiger partial charge >= 0.3 is 0 Å². The molecule has 136 valence electrons. The van der Waals surface area contributed by atoms with E-state index in [-0.39, 0.29) is 0 Å². The molecule has 2 aliphatic heterocycles. The highest BCUT2D eigenvalue weighted by molar-refractivity contribution is 7.07. The van der Waals surface area contributed by atoms with Gasteiger partial charge in [0.05, 0.1) is 11.9 Å². The van der Waals surface area contributed by atoms with Crippen molar-refractivity contribution in [2.75, 3.05) is 31.1 Å². The molecule has 5 nitrogen and oxygen atoms in total. The minimum absolute atomic E-state index is 0.442. The Morgan fingerprint density at radius 2 is 2.00 bits per heavy atom. The van der Waals surface area contributed by atoms with Gasteiger partial charge in [-0.15, -0.1) is 0 Å². The molecule has 3 aromatic rings. The average Bonchev–Trinajstić information content (AvgIpc) is 3.42. The monoisotopic (exact) mass is 367 g/mol. The van der Waals surface area contributed by atoms with Crippen molar-refractivity contribution in [1.29, 1.82) is 0 Å². The first-order valence-electron chi connectivity index (χ1n) is 9.70. The highest BCUT2D eigenvalue weighted by Crippen LogP contribution is 2.27. The van der Waals surface area contributed by atoms with Gasteiger partial charge in [0.2, 0.25) is 0 Å². The van der Waals surface area contributed by atoms with Gasteiger partial charge in [0.25, 0.3) is 0 Å². The van der Waals surface area contributed by atoms with E-state index in [1.165, 1.54) is 43.5 Å². The molecule has 0 spiro atoms. The summed E-state index contributed by atoms with van der Waals surface area (Å²) in [5, 5.41) is 9.28. The van der Waals surface area contributed by atoms with Gasteiger partial charge in [0, 0.05) is 32.1 Å². The lowest BCUT2D eigenvalue weighted by atomic mass is 9.97. The number of fused-ring (bicyclic) bond motifs is 1. The third-order valence-corrected chi connectivity index (χ3v) is 6.39. The van der Waals surface area contributed by atoms with E-state index >= 15 is 0 Å². The van der Waals surface area contributed by atoms with Crippen molar-refractivity contribution in [2.24, 2.45) is 0 Å². The predicted molar refractivity (Wildman–Crippen MR) is 106 cm³/mol. The zero-order chi connectivity index (χ0) is 17.3. The normalized spacial score (nSPS) is 21.7. The zero-order valence-corrected chi connectivity index (χ0v) is 15.9.